The molecule has 0 bridgehead atoms. The highest BCUT2D eigenvalue weighted by Crippen LogP contribution is 2.16. The maximum Gasteiger partial charge on any atom is 0.270 e. The lowest BCUT2D eigenvalue weighted by molar-refractivity contribution is -0.384. The fourth-order valence-electron chi connectivity index (χ4n) is 2.21. The number of non-ortho nitro benzene ring substituents is 1. The van der Waals surface area contributed by atoms with E-state index in [1.807, 2.05) is 6.92 Å². The smallest absolute Gasteiger partial charge is 0.270 e. The van der Waals surface area contributed by atoms with Gasteiger partial charge in [-0.3, -0.25) is 19.7 Å². The molecule has 0 fully saturated rings. The molecule has 2 aromatic rings. The molecule has 2 amide bonds. The average molecular weight is 384 g/mol. The van der Waals surface area contributed by atoms with E-state index in [1.54, 1.807) is 30.3 Å². The summed E-state index contributed by atoms with van der Waals surface area (Å²) in [6.07, 6.45) is 1.24. The molecule has 0 aliphatic heterocycles. The van der Waals surface area contributed by atoms with Gasteiger partial charge in [0.15, 0.2) is 0 Å². The summed E-state index contributed by atoms with van der Waals surface area (Å²) in [5, 5.41) is 17.1. The summed E-state index contributed by atoms with van der Waals surface area (Å²) >= 11 is 0. The number of benzene rings is 2. The largest absolute Gasteiger partial charge is 0.494 e. The van der Waals surface area contributed by atoms with Gasteiger partial charge < -0.3 is 10.1 Å². The van der Waals surface area contributed by atoms with Crippen molar-refractivity contribution >= 4 is 29.4 Å². The van der Waals surface area contributed by atoms with Crippen LogP contribution in [-0.4, -0.2) is 29.6 Å². The van der Waals surface area contributed by atoms with Crippen LogP contribution in [0.5, 0.6) is 5.75 Å². The zero-order valence-corrected chi connectivity index (χ0v) is 15.3. The van der Waals surface area contributed by atoms with Crippen LogP contribution in [-0.2, 0) is 9.59 Å². The first-order chi connectivity index (χ1) is 13.5. The fraction of sp³-hybridized carbons (Fsp3) is 0.211. The van der Waals surface area contributed by atoms with Gasteiger partial charge in [0.1, 0.15) is 5.75 Å². The molecule has 146 valence electrons. The van der Waals surface area contributed by atoms with E-state index in [1.165, 1.54) is 24.4 Å². The number of amides is 2. The van der Waals surface area contributed by atoms with E-state index in [-0.39, 0.29) is 24.4 Å². The molecule has 0 aliphatic carbocycles. The van der Waals surface area contributed by atoms with Crippen molar-refractivity contribution in [2.45, 2.75) is 19.8 Å². The Morgan fingerprint density at radius 2 is 1.86 bits per heavy atom. The number of anilines is 1. The van der Waals surface area contributed by atoms with E-state index in [0.717, 1.165) is 0 Å². The van der Waals surface area contributed by atoms with Crippen LogP contribution in [0.1, 0.15) is 25.3 Å². The van der Waals surface area contributed by atoms with Crippen LogP contribution in [0.2, 0.25) is 0 Å². The third-order valence-electron chi connectivity index (χ3n) is 3.51. The Morgan fingerprint density at radius 1 is 1.14 bits per heavy atom. The highest BCUT2D eigenvalue weighted by atomic mass is 16.6. The van der Waals surface area contributed by atoms with E-state index < -0.39 is 10.8 Å². The molecule has 0 atom stereocenters. The number of ether oxygens (including phenoxy) is 1. The SMILES string of the molecule is CCOc1ccc(NC(=O)CCC(=O)NN=Cc2cccc([N+](=O)[O-])c2)cc1. The number of carbonyl (C=O) groups excluding carboxylic acids is 2. The van der Waals surface area contributed by atoms with Crippen LogP contribution in [0.25, 0.3) is 0 Å². The number of nitro benzene ring substituents is 1. The molecule has 2 aromatic carbocycles. The number of hydrogen-bond acceptors (Lipinski definition) is 6. The van der Waals surface area contributed by atoms with Crippen molar-refractivity contribution in [3.63, 3.8) is 0 Å². The molecule has 2 rings (SSSR count). The molecule has 0 saturated carbocycles. The van der Waals surface area contributed by atoms with Crippen LogP contribution >= 0.6 is 0 Å². The number of hydrazone groups is 1. The Balaban J connectivity index is 1.75. The third-order valence-corrected chi connectivity index (χ3v) is 3.51. The number of hydrogen-bond donors (Lipinski definition) is 2. The molecule has 0 unspecified atom stereocenters. The van der Waals surface area contributed by atoms with Crippen molar-refractivity contribution in [3.05, 3.63) is 64.2 Å². The zero-order valence-electron chi connectivity index (χ0n) is 15.3. The van der Waals surface area contributed by atoms with Crippen molar-refractivity contribution in [1.82, 2.24) is 5.43 Å². The van der Waals surface area contributed by atoms with Gasteiger partial charge in [-0.05, 0) is 31.2 Å². The maximum atomic E-state index is 11.9. The van der Waals surface area contributed by atoms with Crippen LogP contribution in [0.15, 0.2) is 53.6 Å². The minimum absolute atomic E-state index is 0.00856. The first-order valence-electron chi connectivity index (χ1n) is 8.57. The molecule has 0 radical (unpaired) electrons. The Hall–Kier alpha value is -3.75. The monoisotopic (exact) mass is 384 g/mol. The normalized spacial score (nSPS) is 10.5. The van der Waals surface area contributed by atoms with Gasteiger partial charge in [-0.1, -0.05) is 12.1 Å². The molecule has 0 spiro atoms. The first kappa shape index (κ1) is 20.6. The summed E-state index contributed by atoms with van der Waals surface area (Å²) in [6, 6.07) is 12.7. The lowest BCUT2D eigenvalue weighted by Gasteiger charge is -2.07. The standard InChI is InChI=1S/C19H20N4O5/c1-2-28-17-8-6-15(7-9-17)21-18(24)10-11-19(25)22-20-13-14-4-3-5-16(12-14)23(26)27/h3-9,12-13H,2,10-11H2,1H3,(H,21,24)(H,22,25). The molecule has 9 nitrogen and oxygen atoms in total. The number of nitrogens with one attached hydrogen (secondary N) is 2. The van der Waals surface area contributed by atoms with E-state index in [4.69, 9.17) is 4.74 Å². The highest BCUT2D eigenvalue weighted by Gasteiger charge is 2.07. The Morgan fingerprint density at radius 3 is 2.54 bits per heavy atom. The summed E-state index contributed by atoms with van der Waals surface area (Å²) in [7, 11) is 0. The lowest BCUT2D eigenvalue weighted by atomic mass is 10.2. The predicted molar refractivity (Wildman–Crippen MR) is 104 cm³/mol. The van der Waals surface area contributed by atoms with Gasteiger partial charge in [-0.2, -0.15) is 5.10 Å². The van der Waals surface area contributed by atoms with E-state index in [9.17, 15) is 19.7 Å². The average Bonchev–Trinajstić information content (AvgIpc) is 2.68. The minimum atomic E-state index is -0.515. The van der Waals surface area contributed by atoms with Crippen LogP contribution in [0, 0.1) is 10.1 Å². The molecule has 9 heteroatoms. The fourth-order valence-corrected chi connectivity index (χ4v) is 2.21. The van der Waals surface area contributed by atoms with Crippen molar-refractivity contribution in [1.29, 1.82) is 0 Å². The van der Waals surface area contributed by atoms with Crippen LogP contribution in [0.4, 0.5) is 11.4 Å². The van der Waals surface area contributed by atoms with Crippen molar-refractivity contribution < 1.29 is 19.2 Å². The topological polar surface area (TPSA) is 123 Å². The van der Waals surface area contributed by atoms with Gasteiger partial charge in [0.05, 0.1) is 17.7 Å². The molecule has 0 heterocycles. The zero-order chi connectivity index (χ0) is 20.4. The molecular formula is C19H20N4O5. The minimum Gasteiger partial charge on any atom is -0.494 e. The molecule has 0 saturated heterocycles. The summed E-state index contributed by atoms with van der Waals surface area (Å²) in [5.74, 6) is -0.0352. The highest BCUT2D eigenvalue weighted by molar-refractivity contribution is 5.93. The lowest BCUT2D eigenvalue weighted by Crippen LogP contribution is -2.20. The Bertz CT molecular complexity index is 865. The van der Waals surface area contributed by atoms with Gasteiger partial charge in [0.25, 0.3) is 5.69 Å². The second-order valence-electron chi connectivity index (χ2n) is 5.65. The second kappa shape index (κ2) is 10.4. The number of rotatable bonds is 9. The Labute approximate surface area is 161 Å². The predicted octanol–water partition coefficient (Wildman–Crippen LogP) is 2.86. The van der Waals surface area contributed by atoms with Crippen LogP contribution < -0.4 is 15.5 Å². The van der Waals surface area contributed by atoms with Gasteiger partial charge in [0.2, 0.25) is 11.8 Å². The van der Waals surface area contributed by atoms with Crippen molar-refractivity contribution in [3.8, 4) is 5.75 Å². The molecule has 28 heavy (non-hydrogen) atoms. The van der Waals surface area contributed by atoms with E-state index in [0.29, 0.717) is 23.6 Å². The van der Waals surface area contributed by atoms with Gasteiger partial charge >= 0.3 is 0 Å². The van der Waals surface area contributed by atoms with E-state index >= 15 is 0 Å². The summed E-state index contributed by atoms with van der Waals surface area (Å²) in [6.45, 7) is 2.44. The third kappa shape index (κ3) is 6.87. The van der Waals surface area contributed by atoms with Crippen molar-refractivity contribution in [2.75, 3.05) is 11.9 Å². The first-order valence-corrected chi connectivity index (χ1v) is 8.57. The Kier molecular flexibility index (Phi) is 7.64. The summed E-state index contributed by atoms with van der Waals surface area (Å²) in [4.78, 5) is 33.8. The number of carbonyl (C=O) groups is 2. The van der Waals surface area contributed by atoms with Crippen molar-refractivity contribution in [2.24, 2.45) is 5.10 Å². The molecule has 2 N–H and O–H groups in total. The van der Waals surface area contributed by atoms with Crippen LogP contribution in [0.3, 0.4) is 0 Å². The summed E-state index contributed by atoms with van der Waals surface area (Å²) < 4.78 is 5.32. The number of nitrogens with zero attached hydrogens (tertiary/aromatic N) is 2. The quantitative estimate of drug-likeness (QED) is 0.391. The van der Waals surface area contributed by atoms with Gasteiger partial charge in [-0.15, -0.1) is 0 Å². The van der Waals surface area contributed by atoms with E-state index in [2.05, 4.69) is 15.8 Å². The summed E-state index contributed by atoms with van der Waals surface area (Å²) in [5.41, 5.74) is 3.30. The molecule has 0 aliphatic rings. The molecular weight excluding hydrogens is 364 g/mol. The maximum absolute atomic E-state index is 11.9. The van der Waals surface area contributed by atoms with Gasteiger partial charge in [0, 0.05) is 36.2 Å². The van der Waals surface area contributed by atoms with Gasteiger partial charge in [-0.25, -0.2) is 5.43 Å². The molecule has 0 aromatic heterocycles. The second-order valence-corrected chi connectivity index (χ2v) is 5.65. The number of nitro groups is 1.